The Hall–Kier alpha value is -2.12. The van der Waals surface area contributed by atoms with Crippen LogP contribution in [0, 0.1) is 13.8 Å². The molecule has 0 spiro atoms. The number of thiazole rings is 1. The van der Waals surface area contributed by atoms with E-state index in [1.807, 2.05) is 26.2 Å². The monoisotopic (exact) mass is 403 g/mol. The minimum Gasteiger partial charge on any atom is -0.492 e. The lowest BCUT2D eigenvalue weighted by Gasteiger charge is -2.12. The molecule has 0 saturated carbocycles. The van der Waals surface area contributed by atoms with E-state index in [4.69, 9.17) is 9.73 Å². The molecule has 6 nitrogen and oxygen atoms in total. The summed E-state index contributed by atoms with van der Waals surface area (Å²) in [5.74, 6) is 1.72. The summed E-state index contributed by atoms with van der Waals surface area (Å²) in [5, 5.41) is 7.87. The van der Waals surface area contributed by atoms with Gasteiger partial charge >= 0.3 is 0 Å². The molecule has 7 heteroatoms. The van der Waals surface area contributed by atoms with Crippen LogP contribution in [-0.4, -0.2) is 56.2 Å². The number of aromatic nitrogens is 1. The summed E-state index contributed by atoms with van der Waals surface area (Å²) in [6.07, 6.45) is 0.902. The molecule has 0 amide bonds. The average Bonchev–Trinajstić information content (AvgIpc) is 2.97. The maximum atomic E-state index is 5.81. The zero-order chi connectivity index (χ0) is 20.4. The van der Waals surface area contributed by atoms with E-state index in [0.717, 1.165) is 49.0 Å². The van der Waals surface area contributed by atoms with Gasteiger partial charge in [-0.1, -0.05) is 12.1 Å². The van der Waals surface area contributed by atoms with Gasteiger partial charge in [0.2, 0.25) is 0 Å². The van der Waals surface area contributed by atoms with E-state index in [1.54, 1.807) is 11.3 Å². The fraction of sp³-hybridized carbons (Fsp3) is 0.524. The third-order valence-electron chi connectivity index (χ3n) is 4.17. The van der Waals surface area contributed by atoms with Gasteiger partial charge in [-0.2, -0.15) is 0 Å². The van der Waals surface area contributed by atoms with Crippen LogP contribution in [0.15, 0.2) is 29.3 Å². The van der Waals surface area contributed by atoms with Crippen LogP contribution in [0.5, 0.6) is 5.75 Å². The first kappa shape index (κ1) is 22.2. The van der Waals surface area contributed by atoms with Gasteiger partial charge in [0.15, 0.2) is 5.96 Å². The lowest BCUT2D eigenvalue weighted by atomic mass is 10.2. The van der Waals surface area contributed by atoms with E-state index in [-0.39, 0.29) is 0 Å². The number of nitrogens with zero attached hydrogens (tertiary/aromatic N) is 3. The van der Waals surface area contributed by atoms with Crippen molar-refractivity contribution >= 4 is 17.3 Å². The first-order chi connectivity index (χ1) is 13.5. The van der Waals surface area contributed by atoms with Crippen LogP contribution >= 0.6 is 11.3 Å². The van der Waals surface area contributed by atoms with Crippen molar-refractivity contribution in [1.82, 2.24) is 20.5 Å². The Morgan fingerprint density at radius 2 is 2.07 bits per heavy atom. The van der Waals surface area contributed by atoms with Crippen LogP contribution in [-0.2, 0) is 13.0 Å². The van der Waals surface area contributed by atoms with Crippen molar-refractivity contribution in [2.24, 2.45) is 4.99 Å². The summed E-state index contributed by atoms with van der Waals surface area (Å²) in [6, 6.07) is 8.14. The second kappa shape index (κ2) is 11.7. The van der Waals surface area contributed by atoms with E-state index >= 15 is 0 Å². The quantitative estimate of drug-likeness (QED) is 0.472. The number of aryl methyl sites for hydroxylation is 2. The number of likely N-dealkylation sites (N-methyl/N-ethyl adjacent to an activating group) is 1. The number of guanidine groups is 1. The molecular formula is C21H33N5OS. The molecule has 1 aromatic heterocycles. The Kier molecular flexibility index (Phi) is 9.23. The molecule has 2 aromatic rings. The molecule has 2 rings (SSSR count). The maximum Gasteiger partial charge on any atom is 0.191 e. The smallest absolute Gasteiger partial charge is 0.191 e. The normalized spacial score (nSPS) is 11.7. The fourth-order valence-electron chi connectivity index (χ4n) is 2.53. The van der Waals surface area contributed by atoms with Gasteiger partial charge < -0.3 is 20.3 Å². The summed E-state index contributed by atoms with van der Waals surface area (Å²) in [6.45, 7) is 10.1. The van der Waals surface area contributed by atoms with Crippen LogP contribution in [0.2, 0.25) is 0 Å². The van der Waals surface area contributed by atoms with Crippen molar-refractivity contribution in [1.29, 1.82) is 0 Å². The maximum absolute atomic E-state index is 5.81. The number of aliphatic imine (C=N–C) groups is 1. The van der Waals surface area contributed by atoms with E-state index in [9.17, 15) is 0 Å². The third kappa shape index (κ3) is 7.86. The Balaban J connectivity index is 1.87. The second-order valence-electron chi connectivity index (χ2n) is 6.92. The van der Waals surface area contributed by atoms with Crippen molar-refractivity contribution in [2.75, 3.05) is 40.3 Å². The van der Waals surface area contributed by atoms with Gasteiger partial charge in [-0.3, -0.25) is 0 Å². The van der Waals surface area contributed by atoms with Crippen molar-refractivity contribution in [2.45, 2.75) is 33.7 Å². The minimum absolute atomic E-state index is 0.607. The largest absolute Gasteiger partial charge is 0.492 e. The van der Waals surface area contributed by atoms with Crippen molar-refractivity contribution in [3.8, 4) is 5.75 Å². The molecule has 0 saturated heterocycles. The second-order valence-corrected chi connectivity index (χ2v) is 8.21. The van der Waals surface area contributed by atoms with Gasteiger partial charge in [0.05, 0.1) is 17.2 Å². The van der Waals surface area contributed by atoms with Gasteiger partial charge in [-0.25, -0.2) is 9.98 Å². The lowest BCUT2D eigenvalue weighted by molar-refractivity contribution is 0.261. The summed E-state index contributed by atoms with van der Waals surface area (Å²) in [7, 11) is 4.08. The fourth-order valence-corrected chi connectivity index (χ4v) is 3.46. The highest BCUT2D eigenvalue weighted by atomic mass is 32.1. The molecule has 28 heavy (non-hydrogen) atoms. The highest BCUT2D eigenvalue weighted by molar-refractivity contribution is 7.11. The van der Waals surface area contributed by atoms with Gasteiger partial charge in [0, 0.05) is 30.9 Å². The molecule has 0 unspecified atom stereocenters. The molecule has 0 atom stereocenters. The van der Waals surface area contributed by atoms with E-state index in [0.29, 0.717) is 13.2 Å². The molecule has 0 aliphatic rings. The number of benzene rings is 1. The van der Waals surface area contributed by atoms with Gasteiger partial charge in [-0.05, 0) is 52.6 Å². The van der Waals surface area contributed by atoms with E-state index < -0.39 is 0 Å². The molecule has 1 heterocycles. The number of hydrogen-bond donors (Lipinski definition) is 2. The van der Waals surface area contributed by atoms with Crippen LogP contribution in [0.1, 0.15) is 28.1 Å². The van der Waals surface area contributed by atoms with Gasteiger partial charge in [0.25, 0.3) is 0 Å². The first-order valence-corrected chi connectivity index (χ1v) is 10.6. The Labute approximate surface area is 173 Å². The average molecular weight is 404 g/mol. The molecule has 0 radical (unpaired) electrons. The van der Waals surface area contributed by atoms with Gasteiger partial charge in [-0.15, -0.1) is 11.3 Å². The van der Waals surface area contributed by atoms with Crippen LogP contribution in [0.4, 0.5) is 0 Å². The molecule has 0 fully saturated rings. The predicted molar refractivity (Wildman–Crippen MR) is 119 cm³/mol. The number of rotatable bonds is 10. The summed E-state index contributed by atoms with van der Waals surface area (Å²) >= 11 is 1.77. The Morgan fingerprint density at radius 3 is 2.75 bits per heavy atom. The van der Waals surface area contributed by atoms with Crippen LogP contribution < -0.4 is 15.4 Å². The molecular weight excluding hydrogens is 370 g/mol. The third-order valence-corrected chi connectivity index (χ3v) is 5.31. The van der Waals surface area contributed by atoms with Gasteiger partial charge in [0.1, 0.15) is 12.4 Å². The van der Waals surface area contributed by atoms with Crippen molar-refractivity contribution in [3.05, 3.63) is 45.4 Å². The predicted octanol–water partition coefficient (Wildman–Crippen LogP) is 3.00. The number of hydrogen-bond acceptors (Lipinski definition) is 5. The van der Waals surface area contributed by atoms with Crippen LogP contribution in [0.3, 0.4) is 0 Å². The Bertz CT molecular complexity index is 738. The molecule has 1 aromatic carbocycles. The zero-order valence-electron chi connectivity index (χ0n) is 17.7. The number of nitrogens with one attached hydrogen (secondary N) is 2. The summed E-state index contributed by atoms with van der Waals surface area (Å²) in [5.41, 5.74) is 2.26. The Morgan fingerprint density at radius 1 is 1.25 bits per heavy atom. The molecule has 0 aliphatic heterocycles. The van der Waals surface area contributed by atoms with E-state index in [2.05, 4.69) is 53.4 Å². The molecule has 0 bridgehead atoms. The highest BCUT2D eigenvalue weighted by Crippen LogP contribution is 2.16. The molecule has 154 valence electrons. The minimum atomic E-state index is 0.607. The highest BCUT2D eigenvalue weighted by Gasteiger charge is 2.04. The van der Waals surface area contributed by atoms with Crippen LogP contribution in [0.25, 0.3) is 0 Å². The summed E-state index contributed by atoms with van der Waals surface area (Å²) in [4.78, 5) is 12.7. The van der Waals surface area contributed by atoms with E-state index in [1.165, 1.54) is 9.88 Å². The summed E-state index contributed by atoms with van der Waals surface area (Å²) < 4.78 is 5.81. The topological polar surface area (TPSA) is 61.8 Å². The standard InChI is InChI=1S/C21H33N5OS/c1-6-22-21(23-11-10-20-25-16(2)17(3)28-20)24-15-18-8-7-9-19(14-18)27-13-12-26(4)5/h7-9,14H,6,10-13,15H2,1-5H3,(H2,22,23,24). The first-order valence-electron chi connectivity index (χ1n) is 9.79. The molecule has 2 N–H and O–H groups in total. The molecule has 0 aliphatic carbocycles. The van der Waals surface area contributed by atoms with Crippen molar-refractivity contribution in [3.63, 3.8) is 0 Å². The zero-order valence-corrected chi connectivity index (χ0v) is 18.5. The lowest BCUT2D eigenvalue weighted by Crippen LogP contribution is -2.38. The number of ether oxygens (including phenoxy) is 1. The van der Waals surface area contributed by atoms with Crippen molar-refractivity contribution < 1.29 is 4.74 Å². The SMILES string of the molecule is CCNC(=NCc1cccc(OCCN(C)C)c1)NCCc1nc(C)c(C)s1.